The van der Waals surface area contributed by atoms with Gasteiger partial charge in [-0.1, -0.05) is 54.5 Å². The van der Waals surface area contributed by atoms with Crippen molar-refractivity contribution in [3.05, 3.63) is 95.5 Å². The van der Waals surface area contributed by atoms with Crippen molar-refractivity contribution >= 4 is 17.3 Å². The van der Waals surface area contributed by atoms with E-state index < -0.39 is 6.04 Å². The average molecular weight is 497 g/mol. The lowest BCUT2D eigenvalue weighted by Crippen LogP contribution is -2.46. The molecule has 2 amide bonds. The van der Waals surface area contributed by atoms with Crippen LogP contribution in [0.25, 0.3) is 17.0 Å². The fourth-order valence-electron chi connectivity index (χ4n) is 4.53. The molecule has 0 radical (unpaired) electrons. The van der Waals surface area contributed by atoms with Crippen molar-refractivity contribution < 1.29 is 18.8 Å². The average Bonchev–Trinajstić information content (AvgIpc) is 3.42. The standard InChI is InChI=1S/C29H28N4O4/c1-5-19-11-13-20(14-12-19)26-25(18(2)33(29(34)30-26)22-9-7-6-8-10-22)28-31-27(32-37-28)21-15-16-23(35-3)24(17-21)36-4/h6-17,26H,5H2,1-4H3,(H,30,34). The SMILES string of the molecule is CCc1ccc(C2NC(=O)N(c3ccccc3)C(C)=C2c2nc(-c3ccc(OC)c(OC)c3)no2)cc1. The number of benzene rings is 3. The Labute approximate surface area is 215 Å². The number of aryl methyl sites for hydroxylation is 1. The molecule has 0 spiro atoms. The highest BCUT2D eigenvalue weighted by molar-refractivity contribution is 6.01. The number of aromatic nitrogens is 2. The number of nitrogens with zero attached hydrogens (tertiary/aromatic N) is 3. The number of hydrogen-bond acceptors (Lipinski definition) is 6. The van der Waals surface area contributed by atoms with E-state index in [2.05, 4.69) is 29.5 Å². The highest BCUT2D eigenvalue weighted by Gasteiger charge is 2.36. The maximum Gasteiger partial charge on any atom is 0.326 e. The summed E-state index contributed by atoms with van der Waals surface area (Å²) in [6.45, 7) is 4.01. The van der Waals surface area contributed by atoms with Crippen LogP contribution in [0.3, 0.4) is 0 Å². The maximum absolute atomic E-state index is 13.3. The smallest absolute Gasteiger partial charge is 0.326 e. The Morgan fingerprint density at radius 2 is 1.70 bits per heavy atom. The normalized spacial score (nSPS) is 15.5. The molecule has 0 saturated carbocycles. The molecule has 1 aromatic heterocycles. The monoisotopic (exact) mass is 496 g/mol. The lowest BCUT2D eigenvalue weighted by molar-refractivity contribution is 0.244. The molecule has 188 valence electrons. The van der Waals surface area contributed by atoms with Crippen LogP contribution in [-0.2, 0) is 6.42 Å². The van der Waals surface area contributed by atoms with Gasteiger partial charge in [-0.2, -0.15) is 4.98 Å². The van der Waals surface area contributed by atoms with E-state index in [9.17, 15) is 4.79 Å². The summed E-state index contributed by atoms with van der Waals surface area (Å²) < 4.78 is 16.6. The first-order valence-electron chi connectivity index (χ1n) is 12.1. The molecule has 8 nitrogen and oxygen atoms in total. The van der Waals surface area contributed by atoms with Crippen LogP contribution in [0.1, 0.15) is 36.9 Å². The van der Waals surface area contributed by atoms with Crippen molar-refractivity contribution in [3.8, 4) is 22.9 Å². The molecule has 37 heavy (non-hydrogen) atoms. The van der Waals surface area contributed by atoms with Gasteiger partial charge in [-0.25, -0.2) is 4.79 Å². The van der Waals surface area contributed by atoms with E-state index in [1.165, 1.54) is 5.56 Å². The second-order valence-corrected chi connectivity index (χ2v) is 8.64. The molecule has 2 heterocycles. The summed E-state index contributed by atoms with van der Waals surface area (Å²) in [5.41, 5.74) is 5.05. The van der Waals surface area contributed by atoms with Crippen LogP contribution in [0.15, 0.2) is 83.0 Å². The van der Waals surface area contributed by atoms with Crippen molar-refractivity contribution in [2.45, 2.75) is 26.3 Å². The van der Waals surface area contributed by atoms with Gasteiger partial charge in [-0.05, 0) is 54.8 Å². The fraction of sp³-hybridized carbons (Fsp3) is 0.207. The van der Waals surface area contributed by atoms with Gasteiger partial charge in [0, 0.05) is 11.3 Å². The van der Waals surface area contributed by atoms with Crippen LogP contribution in [0.5, 0.6) is 11.5 Å². The highest BCUT2D eigenvalue weighted by Crippen LogP contribution is 2.39. The molecule has 0 saturated heterocycles. The number of carbonyl (C=O) groups excluding carboxylic acids is 1. The zero-order chi connectivity index (χ0) is 25.9. The van der Waals surface area contributed by atoms with E-state index in [-0.39, 0.29) is 6.03 Å². The van der Waals surface area contributed by atoms with Gasteiger partial charge in [0.2, 0.25) is 5.82 Å². The number of hydrogen-bond donors (Lipinski definition) is 1. The first-order chi connectivity index (χ1) is 18.0. The predicted molar refractivity (Wildman–Crippen MR) is 141 cm³/mol. The number of ether oxygens (including phenoxy) is 2. The number of nitrogens with one attached hydrogen (secondary N) is 1. The van der Waals surface area contributed by atoms with Gasteiger partial charge in [0.15, 0.2) is 11.5 Å². The molecule has 1 aliphatic heterocycles. The molecular formula is C29H28N4O4. The van der Waals surface area contributed by atoms with E-state index in [1.807, 2.05) is 55.5 Å². The number of amides is 2. The third-order valence-electron chi connectivity index (χ3n) is 6.52. The Kier molecular flexibility index (Phi) is 6.64. The molecule has 8 heteroatoms. The Morgan fingerprint density at radius 1 is 0.973 bits per heavy atom. The number of rotatable bonds is 7. The molecule has 1 atom stereocenters. The van der Waals surface area contributed by atoms with Crippen LogP contribution < -0.4 is 19.7 Å². The summed E-state index contributed by atoms with van der Waals surface area (Å²) in [6.07, 6.45) is 0.930. The van der Waals surface area contributed by atoms with Crippen molar-refractivity contribution in [1.82, 2.24) is 15.5 Å². The van der Waals surface area contributed by atoms with E-state index in [4.69, 9.17) is 19.0 Å². The van der Waals surface area contributed by atoms with Gasteiger partial charge in [-0.3, -0.25) is 4.90 Å². The second-order valence-electron chi connectivity index (χ2n) is 8.64. The molecule has 0 fully saturated rings. The van der Waals surface area contributed by atoms with E-state index >= 15 is 0 Å². The van der Waals surface area contributed by atoms with Gasteiger partial charge >= 0.3 is 6.03 Å². The predicted octanol–water partition coefficient (Wildman–Crippen LogP) is 6.02. The third-order valence-corrected chi connectivity index (χ3v) is 6.52. The number of anilines is 1. The molecule has 0 bridgehead atoms. The summed E-state index contributed by atoms with van der Waals surface area (Å²) >= 11 is 0. The summed E-state index contributed by atoms with van der Waals surface area (Å²) in [6, 6.07) is 22.4. The van der Waals surface area contributed by atoms with Crippen molar-refractivity contribution in [3.63, 3.8) is 0 Å². The first-order valence-corrected chi connectivity index (χ1v) is 12.1. The highest BCUT2D eigenvalue weighted by atomic mass is 16.5. The number of allylic oxidation sites excluding steroid dienone is 1. The summed E-state index contributed by atoms with van der Waals surface area (Å²) in [4.78, 5) is 19.7. The lowest BCUT2D eigenvalue weighted by atomic mass is 9.93. The van der Waals surface area contributed by atoms with Crippen molar-refractivity contribution in [2.24, 2.45) is 0 Å². The molecule has 1 unspecified atom stereocenters. The Balaban J connectivity index is 1.62. The molecule has 0 aliphatic carbocycles. The number of methoxy groups -OCH3 is 2. The van der Waals surface area contributed by atoms with Crippen molar-refractivity contribution in [1.29, 1.82) is 0 Å². The van der Waals surface area contributed by atoms with E-state index in [1.54, 1.807) is 31.3 Å². The zero-order valence-corrected chi connectivity index (χ0v) is 21.2. The van der Waals surface area contributed by atoms with Crippen molar-refractivity contribution in [2.75, 3.05) is 19.1 Å². The summed E-state index contributed by atoms with van der Waals surface area (Å²) in [5, 5.41) is 7.40. The number of para-hydroxylation sites is 1. The van der Waals surface area contributed by atoms with Gasteiger partial charge in [0.1, 0.15) is 0 Å². The minimum Gasteiger partial charge on any atom is -0.493 e. The number of urea groups is 1. The first kappa shape index (κ1) is 24.1. The fourth-order valence-corrected chi connectivity index (χ4v) is 4.53. The van der Waals surface area contributed by atoms with Gasteiger partial charge in [0.25, 0.3) is 5.89 Å². The Morgan fingerprint density at radius 3 is 2.38 bits per heavy atom. The van der Waals surface area contributed by atoms with Crippen LogP contribution in [0.4, 0.5) is 10.5 Å². The van der Waals surface area contributed by atoms with Gasteiger partial charge < -0.3 is 19.3 Å². The third kappa shape index (κ3) is 4.53. The van der Waals surface area contributed by atoms with Gasteiger partial charge in [-0.15, -0.1) is 0 Å². The van der Waals surface area contributed by atoms with Crippen LogP contribution >= 0.6 is 0 Å². The molecule has 4 aromatic rings. The Hall–Kier alpha value is -4.59. The Bertz CT molecular complexity index is 1440. The summed E-state index contributed by atoms with van der Waals surface area (Å²) in [5.74, 6) is 1.90. The van der Waals surface area contributed by atoms with E-state index in [0.717, 1.165) is 28.8 Å². The quantitative estimate of drug-likeness (QED) is 0.337. The largest absolute Gasteiger partial charge is 0.493 e. The lowest BCUT2D eigenvalue weighted by Gasteiger charge is -2.35. The molecule has 1 N–H and O–H groups in total. The maximum atomic E-state index is 13.3. The van der Waals surface area contributed by atoms with E-state index in [0.29, 0.717) is 28.9 Å². The van der Waals surface area contributed by atoms with Crippen LogP contribution in [-0.4, -0.2) is 30.4 Å². The minimum absolute atomic E-state index is 0.225. The molecule has 1 aliphatic rings. The second kappa shape index (κ2) is 10.2. The minimum atomic E-state index is -0.461. The molecule has 3 aromatic carbocycles. The van der Waals surface area contributed by atoms with Crippen LogP contribution in [0.2, 0.25) is 0 Å². The number of carbonyl (C=O) groups is 1. The van der Waals surface area contributed by atoms with Gasteiger partial charge in [0.05, 0.1) is 31.5 Å². The zero-order valence-electron chi connectivity index (χ0n) is 21.2. The summed E-state index contributed by atoms with van der Waals surface area (Å²) in [7, 11) is 3.16. The molecular weight excluding hydrogens is 468 g/mol. The van der Waals surface area contributed by atoms with Crippen LogP contribution in [0, 0.1) is 0 Å². The molecule has 5 rings (SSSR count). The topological polar surface area (TPSA) is 89.7 Å².